The van der Waals surface area contributed by atoms with Crippen molar-refractivity contribution in [3.63, 3.8) is 0 Å². The number of aromatic carboxylic acids is 1. The lowest BCUT2D eigenvalue weighted by atomic mass is 10.2. The van der Waals surface area contributed by atoms with E-state index in [1.165, 1.54) is 12.1 Å². The minimum atomic E-state index is -0.983. The Hall–Kier alpha value is -2.82. The van der Waals surface area contributed by atoms with E-state index in [1.54, 1.807) is 31.3 Å². The van der Waals surface area contributed by atoms with Gasteiger partial charge in [0, 0.05) is 0 Å². The van der Waals surface area contributed by atoms with Crippen molar-refractivity contribution in [3.8, 4) is 11.5 Å². The number of carbonyl (C=O) groups is 2. The molecule has 2 aromatic rings. The van der Waals surface area contributed by atoms with Crippen LogP contribution in [-0.4, -0.2) is 43.1 Å². The van der Waals surface area contributed by atoms with Crippen molar-refractivity contribution in [1.29, 1.82) is 0 Å². The van der Waals surface area contributed by atoms with Gasteiger partial charge in [-0.2, -0.15) is 5.10 Å². The van der Waals surface area contributed by atoms with Crippen LogP contribution in [0, 0.1) is 3.57 Å². The maximum atomic E-state index is 11.5. The summed E-state index contributed by atoms with van der Waals surface area (Å²) in [6, 6.07) is 9.83. The number of esters is 1. The quantitative estimate of drug-likeness (QED) is 0.216. The number of anilines is 1. The zero-order valence-corrected chi connectivity index (χ0v) is 18.1. The molecule has 0 saturated carbocycles. The van der Waals surface area contributed by atoms with Gasteiger partial charge in [-0.05, 0) is 78.4 Å². The van der Waals surface area contributed by atoms with E-state index in [9.17, 15) is 9.59 Å². The third kappa shape index (κ3) is 6.93. The summed E-state index contributed by atoms with van der Waals surface area (Å²) in [6.07, 6.45) is 1.60. The summed E-state index contributed by atoms with van der Waals surface area (Å²) in [4.78, 5) is 22.4. The first-order chi connectivity index (χ1) is 13.9. The highest BCUT2D eigenvalue weighted by Gasteiger charge is 2.14. The van der Waals surface area contributed by atoms with Crippen LogP contribution in [0.3, 0.4) is 0 Å². The van der Waals surface area contributed by atoms with E-state index in [2.05, 4.69) is 33.1 Å². The summed E-state index contributed by atoms with van der Waals surface area (Å²) in [5, 5.41) is 13.1. The van der Waals surface area contributed by atoms with Crippen LogP contribution in [0.25, 0.3) is 0 Å². The van der Waals surface area contributed by atoms with Gasteiger partial charge in [0.05, 0.1) is 34.2 Å². The fourth-order valence-corrected chi connectivity index (χ4v) is 3.05. The Bertz CT molecular complexity index is 883. The van der Waals surface area contributed by atoms with E-state index >= 15 is 0 Å². The zero-order valence-electron chi connectivity index (χ0n) is 16.0. The topological polar surface area (TPSA) is 106 Å². The molecule has 0 saturated heterocycles. The monoisotopic (exact) mass is 512 g/mol. The second-order valence-corrected chi connectivity index (χ2v) is 6.77. The summed E-state index contributed by atoms with van der Waals surface area (Å²) >= 11 is 2.10. The number of nitrogens with one attached hydrogen (secondary N) is 1. The number of nitrogens with zero attached hydrogens (tertiary/aromatic N) is 1. The molecule has 0 bridgehead atoms. The highest BCUT2D eigenvalue weighted by atomic mass is 127. The normalized spacial score (nSPS) is 10.6. The lowest BCUT2D eigenvalue weighted by Gasteiger charge is -2.14. The number of benzene rings is 2. The largest absolute Gasteiger partial charge is 0.490 e. The van der Waals surface area contributed by atoms with Gasteiger partial charge in [0.25, 0.3) is 0 Å². The van der Waals surface area contributed by atoms with E-state index in [4.69, 9.17) is 19.3 Å². The van der Waals surface area contributed by atoms with Gasteiger partial charge in [0.15, 0.2) is 18.1 Å². The molecule has 2 aromatic carbocycles. The standard InChI is InChI=1S/C20H21IN2O6/c1-3-27-17-10-13(9-16(21)19(17)29-12-18(24)28-4-2)11-22-23-15-7-5-14(6-8-15)20(25)26/h5-11,23H,3-4,12H2,1-2H3,(H,25,26)/b22-11-. The summed E-state index contributed by atoms with van der Waals surface area (Å²) in [7, 11) is 0. The Morgan fingerprint density at radius 3 is 2.48 bits per heavy atom. The number of carboxylic acid groups (broad SMARTS) is 1. The molecule has 0 heterocycles. The lowest BCUT2D eigenvalue weighted by Crippen LogP contribution is -2.15. The molecule has 0 fully saturated rings. The summed E-state index contributed by atoms with van der Waals surface area (Å²) in [5.74, 6) is -0.469. The summed E-state index contributed by atoms with van der Waals surface area (Å²) in [5.41, 5.74) is 4.46. The van der Waals surface area contributed by atoms with E-state index < -0.39 is 11.9 Å². The second-order valence-electron chi connectivity index (χ2n) is 5.61. The van der Waals surface area contributed by atoms with Crippen molar-refractivity contribution >= 4 is 46.4 Å². The van der Waals surface area contributed by atoms with Crippen molar-refractivity contribution in [2.24, 2.45) is 5.10 Å². The van der Waals surface area contributed by atoms with Gasteiger partial charge in [-0.1, -0.05) is 0 Å². The van der Waals surface area contributed by atoms with Gasteiger partial charge >= 0.3 is 11.9 Å². The predicted molar refractivity (Wildman–Crippen MR) is 117 cm³/mol. The lowest BCUT2D eigenvalue weighted by molar-refractivity contribution is -0.145. The first kappa shape index (κ1) is 22.5. The molecule has 0 amide bonds. The van der Waals surface area contributed by atoms with Crippen LogP contribution in [0.1, 0.15) is 29.8 Å². The molecule has 2 N–H and O–H groups in total. The van der Waals surface area contributed by atoms with Gasteiger partial charge in [0.1, 0.15) is 0 Å². The van der Waals surface area contributed by atoms with Gasteiger partial charge in [-0.3, -0.25) is 5.43 Å². The smallest absolute Gasteiger partial charge is 0.344 e. The molecule has 8 nitrogen and oxygen atoms in total. The number of ether oxygens (including phenoxy) is 3. The molecule has 0 aliphatic heterocycles. The summed E-state index contributed by atoms with van der Waals surface area (Å²) < 4.78 is 16.8. The molecule has 29 heavy (non-hydrogen) atoms. The number of halogens is 1. The Balaban J connectivity index is 2.11. The first-order valence-corrected chi connectivity index (χ1v) is 9.89. The second kappa shape index (κ2) is 11.2. The van der Waals surface area contributed by atoms with E-state index in [-0.39, 0.29) is 12.2 Å². The minimum Gasteiger partial charge on any atom is -0.490 e. The Kier molecular flexibility index (Phi) is 8.71. The van der Waals surface area contributed by atoms with Crippen LogP contribution in [0.4, 0.5) is 5.69 Å². The number of carboxylic acids is 1. The number of rotatable bonds is 10. The van der Waals surface area contributed by atoms with Crippen molar-refractivity contribution in [3.05, 3.63) is 51.1 Å². The van der Waals surface area contributed by atoms with E-state index in [0.29, 0.717) is 30.4 Å². The molecular formula is C20H21IN2O6. The van der Waals surface area contributed by atoms with Crippen molar-refractivity contribution < 1.29 is 28.9 Å². The molecule has 0 unspecified atom stereocenters. The number of hydrogen-bond acceptors (Lipinski definition) is 7. The summed E-state index contributed by atoms with van der Waals surface area (Å²) in [6.45, 7) is 4.10. The molecule has 0 spiro atoms. The average Bonchev–Trinajstić information content (AvgIpc) is 2.68. The van der Waals surface area contributed by atoms with Crippen molar-refractivity contribution in [1.82, 2.24) is 0 Å². The fourth-order valence-electron chi connectivity index (χ4n) is 2.27. The minimum absolute atomic E-state index is 0.203. The van der Waals surface area contributed by atoms with Gasteiger partial charge < -0.3 is 19.3 Å². The maximum absolute atomic E-state index is 11.5. The van der Waals surface area contributed by atoms with Crippen LogP contribution >= 0.6 is 22.6 Å². The molecular weight excluding hydrogens is 491 g/mol. The van der Waals surface area contributed by atoms with Crippen LogP contribution in [0.5, 0.6) is 11.5 Å². The molecule has 0 radical (unpaired) electrons. The zero-order chi connectivity index (χ0) is 21.2. The molecule has 0 aliphatic rings. The van der Waals surface area contributed by atoms with Gasteiger partial charge in [-0.15, -0.1) is 0 Å². The highest BCUT2D eigenvalue weighted by molar-refractivity contribution is 14.1. The van der Waals surface area contributed by atoms with Crippen LogP contribution in [0.15, 0.2) is 41.5 Å². The predicted octanol–water partition coefficient (Wildman–Crippen LogP) is 3.78. The third-order valence-corrected chi connectivity index (χ3v) is 4.31. The Morgan fingerprint density at radius 1 is 1.14 bits per heavy atom. The average molecular weight is 512 g/mol. The first-order valence-electron chi connectivity index (χ1n) is 8.81. The Morgan fingerprint density at radius 2 is 1.86 bits per heavy atom. The molecule has 0 aliphatic carbocycles. The SMILES string of the molecule is CCOC(=O)COc1c(I)cc(/C=N\Nc2ccc(C(=O)O)cc2)cc1OCC. The van der Waals surface area contributed by atoms with Crippen molar-refractivity contribution in [2.75, 3.05) is 25.2 Å². The third-order valence-electron chi connectivity index (χ3n) is 3.51. The molecule has 9 heteroatoms. The Labute approximate surface area is 182 Å². The molecule has 0 atom stereocenters. The number of hydrogen-bond donors (Lipinski definition) is 2. The van der Waals surface area contributed by atoms with Crippen LogP contribution < -0.4 is 14.9 Å². The molecule has 2 rings (SSSR count). The van der Waals surface area contributed by atoms with Crippen LogP contribution in [-0.2, 0) is 9.53 Å². The molecule has 154 valence electrons. The highest BCUT2D eigenvalue weighted by Crippen LogP contribution is 2.34. The van der Waals surface area contributed by atoms with Gasteiger partial charge in [0.2, 0.25) is 0 Å². The van der Waals surface area contributed by atoms with E-state index in [0.717, 1.165) is 9.13 Å². The van der Waals surface area contributed by atoms with Gasteiger partial charge in [-0.25, -0.2) is 9.59 Å². The maximum Gasteiger partial charge on any atom is 0.344 e. The fraction of sp³-hybridized carbons (Fsp3) is 0.250. The number of hydrazone groups is 1. The van der Waals surface area contributed by atoms with Crippen LogP contribution in [0.2, 0.25) is 0 Å². The van der Waals surface area contributed by atoms with E-state index in [1.807, 2.05) is 13.0 Å². The molecule has 0 aromatic heterocycles. The van der Waals surface area contributed by atoms with Crippen molar-refractivity contribution in [2.45, 2.75) is 13.8 Å². The number of carbonyl (C=O) groups excluding carboxylic acids is 1.